The summed E-state index contributed by atoms with van der Waals surface area (Å²) in [6.45, 7) is 0. The third kappa shape index (κ3) is 2.37. The predicted molar refractivity (Wildman–Crippen MR) is 62.4 cm³/mol. The van der Waals surface area contributed by atoms with Crippen LogP contribution in [-0.4, -0.2) is 25.0 Å². The van der Waals surface area contributed by atoms with Gasteiger partial charge in [0.2, 0.25) is 0 Å². The molecular formula is C12H10N2O4. The van der Waals surface area contributed by atoms with Gasteiger partial charge in [0, 0.05) is 0 Å². The van der Waals surface area contributed by atoms with Crippen molar-refractivity contribution < 1.29 is 19.1 Å². The summed E-state index contributed by atoms with van der Waals surface area (Å²) < 4.78 is 4.57. The average Bonchev–Trinajstić information content (AvgIpc) is 2.68. The maximum atomic E-state index is 11.3. The van der Waals surface area contributed by atoms with Crippen LogP contribution in [0.25, 0.3) is 6.08 Å². The van der Waals surface area contributed by atoms with E-state index < -0.39 is 17.9 Å². The summed E-state index contributed by atoms with van der Waals surface area (Å²) in [5.41, 5.74) is 1.28. The predicted octanol–water partition coefficient (Wildman–Crippen LogP) is 0.653. The van der Waals surface area contributed by atoms with Crippen molar-refractivity contribution in [3.05, 3.63) is 41.1 Å². The fraction of sp³-hybridized carbons (Fsp3) is 0.0833. The van der Waals surface area contributed by atoms with Gasteiger partial charge in [-0.3, -0.25) is 10.1 Å². The molecule has 6 heteroatoms. The fourth-order valence-corrected chi connectivity index (χ4v) is 1.48. The van der Waals surface area contributed by atoms with Crippen LogP contribution in [0.4, 0.5) is 4.79 Å². The Hall–Kier alpha value is -2.63. The second kappa shape index (κ2) is 4.70. The lowest BCUT2D eigenvalue weighted by molar-refractivity contribution is -0.115. The molecule has 1 aliphatic rings. The standard InChI is InChI=1S/C12H10N2O4/c1-18-11(16)8-4-2-7(3-5-8)6-9-10(15)14-12(17)13-9/h2-6H,1H3,(H2,13,14,15,17)/b9-6+. The van der Waals surface area contributed by atoms with Gasteiger partial charge in [0.05, 0.1) is 12.7 Å². The molecule has 2 N–H and O–H groups in total. The van der Waals surface area contributed by atoms with Gasteiger partial charge in [-0.2, -0.15) is 0 Å². The summed E-state index contributed by atoms with van der Waals surface area (Å²) >= 11 is 0. The SMILES string of the molecule is COC(=O)c1ccc(/C=C2/NC(=O)NC2=O)cc1. The lowest BCUT2D eigenvalue weighted by Crippen LogP contribution is -2.22. The molecule has 0 saturated carbocycles. The van der Waals surface area contributed by atoms with Gasteiger partial charge in [-0.25, -0.2) is 9.59 Å². The van der Waals surface area contributed by atoms with E-state index in [2.05, 4.69) is 15.4 Å². The van der Waals surface area contributed by atoms with E-state index >= 15 is 0 Å². The molecule has 92 valence electrons. The van der Waals surface area contributed by atoms with Crippen LogP contribution in [0.5, 0.6) is 0 Å². The Kier molecular flexibility index (Phi) is 3.09. The minimum atomic E-state index is -0.544. The molecule has 6 nitrogen and oxygen atoms in total. The summed E-state index contributed by atoms with van der Waals surface area (Å²) in [5.74, 6) is -0.904. The number of hydrogen-bond acceptors (Lipinski definition) is 4. The van der Waals surface area contributed by atoms with Crippen molar-refractivity contribution in [1.29, 1.82) is 0 Å². The van der Waals surface area contributed by atoms with Crippen LogP contribution in [0.15, 0.2) is 30.0 Å². The molecule has 3 amide bonds. The highest BCUT2D eigenvalue weighted by atomic mass is 16.5. The number of amides is 3. The number of carbonyl (C=O) groups is 3. The van der Waals surface area contributed by atoms with Crippen LogP contribution in [0.3, 0.4) is 0 Å². The maximum Gasteiger partial charge on any atom is 0.337 e. The molecule has 18 heavy (non-hydrogen) atoms. The van der Waals surface area contributed by atoms with Crippen LogP contribution >= 0.6 is 0 Å². The first kappa shape index (κ1) is 11.8. The van der Waals surface area contributed by atoms with Gasteiger partial charge in [-0.1, -0.05) is 12.1 Å². The number of nitrogens with one attached hydrogen (secondary N) is 2. The molecule has 1 aromatic rings. The Morgan fingerprint density at radius 3 is 2.33 bits per heavy atom. The van der Waals surface area contributed by atoms with E-state index in [1.54, 1.807) is 24.3 Å². The molecule has 1 saturated heterocycles. The Bertz CT molecular complexity index is 546. The van der Waals surface area contributed by atoms with E-state index in [9.17, 15) is 14.4 Å². The van der Waals surface area contributed by atoms with E-state index in [-0.39, 0.29) is 5.70 Å². The van der Waals surface area contributed by atoms with Gasteiger partial charge in [0.1, 0.15) is 5.70 Å². The van der Waals surface area contributed by atoms with E-state index in [0.717, 1.165) is 0 Å². The van der Waals surface area contributed by atoms with Gasteiger partial charge in [0.15, 0.2) is 0 Å². The van der Waals surface area contributed by atoms with Gasteiger partial charge in [0.25, 0.3) is 5.91 Å². The molecule has 1 aromatic carbocycles. The minimum absolute atomic E-state index is 0.172. The van der Waals surface area contributed by atoms with Crippen molar-refractivity contribution in [3.63, 3.8) is 0 Å². The molecule has 2 rings (SSSR count). The highest BCUT2D eigenvalue weighted by Gasteiger charge is 2.22. The highest BCUT2D eigenvalue weighted by molar-refractivity contribution is 6.14. The topological polar surface area (TPSA) is 84.5 Å². The lowest BCUT2D eigenvalue weighted by atomic mass is 10.1. The van der Waals surface area contributed by atoms with Gasteiger partial charge < -0.3 is 10.1 Å². The van der Waals surface area contributed by atoms with Crippen LogP contribution in [0.1, 0.15) is 15.9 Å². The van der Waals surface area contributed by atoms with Gasteiger partial charge in [-0.05, 0) is 23.8 Å². The van der Waals surface area contributed by atoms with Crippen LogP contribution < -0.4 is 10.6 Å². The molecule has 0 unspecified atom stereocenters. The summed E-state index contributed by atoms with van der Waals surface area (Å²) in [5, 5.41) is 4.47. The summed E-state index contributed by atoms with van der Waals surface area (Å²) in [7, 11) is 1.30. The zero-order valence-corrected chi connectivity index (χ0v) is 9.52. The van der Waals surface area contributed by atoms with E-state index in [4.69, 9.17) is 0 Å². The Morgan fingerprint density at radius 1 is 1.17 bits per heavy atom. The second-order valence-corrected chi connectivity index (χ2v) is 3.58. The number of rotatable bonds is 2. The first-order chi connectivity index (χ1) is 8.60. The molecule has 1 fully saturated rings. The molecule has 0 spiro atoms. The molecule has 0 aromatic heterocycles. The number of urea groups is 1. The van der Waals surface area contributed by atoms with Crippen LogP contribution in [0.2, 0.25) is 0 Å². The van der Waals surface area contributed by atoms with Crippen molar-refractivity contribution in [3.8, 4) is 0 Å². The molecular weight excluding hydrogens is 236 g/mol. The number of ether oxygens (including phenoxy) is 1. The quantitative estimate of drug-likeness (QED) is 0.456. The van der Waals surface area contributed by atoms with Crippen molar-refractivity contribution in [2.45, 2.75) is 0 Å². The minimum Gasteiger partial charge on any atom is -0.465 e. The zero-order valence-electron chi connectivity index (χ0n) is 9.52. The number of esters is 1. The lowest BCUT2D eigenvalue weighted by Gasteiger charge is -2.00. The van der Waals surface area contributed by atoms with E-state index in [0.29, 0.717) is 11.1 Å². The summed E-state index contributed by atoms with van der Waals surface area (Å²) in [6.07, 6.45) is 1.52. The maximum absolute atomic E-state index is 11.3. The second-order valence-electron chi connectivity index (χ2n) is 3.58. The molecule has 0 radical (unpaired) electrons. The number of imide groups is 1. The normalized spacial score (nSPS) is 16.4. The average molecular weight is 246 g/mol. The van der Waals surface area contributed by atoms with Crippen LogP contribution in [-0.2, 0) is 9.53 Å². The number of benzene rings is 1. The zero-order chi connectivity index (χ0) is 13.1. The van der Waals surface area contributed by atoms with Gasteiger partial charge in [-0.15, -0.1) is 0 Å². The molecule has 0 aliphatic carbocycles. The highest BCUT2D eigenvalue weighted by Crippen LogP contribution is 2.10. The summed E-state index contributed by atoms with van der Waals surface area (Å²) in [6, 6.07) is 5.91. The van der Waals surface area contributed by atoms with E-state index in [1.165, 1.54) is 13.2 Å². The Balaban J connectivity index is 2.21. The largest absolute Gasteiger partial charge is 0.465 e. The molecule has 1 aliphatic heterocycles. The van der Waals surface area contributed by atoms with Crippen molar-refractivity contribution in [2.24, 2.45) is 0 Å². The van der Waals surface area contributed by atoms with Crippen LogP contribution in [0, 0.1) is 0 Å². The van der Waals surface area contributed by atoms with Crippen molar-refractivity contribution in [2.75, 3.05) is 7.11 Å². The summed E-state index contributed by atoms with van der Waals surface area (Å²) in [4.78, 5) is 33.4. The smallest absolute Gasteiger partial charge is 0.337 e. The Morgan fingerprint density at radius 2 is 1.83 bits per heavy atom. The van der Waals surface area contributed by atoms with Gasteiger partial charge >= 0.3 is 12.0 Å². The monoisotopic (exact) mass is 246 g/mol. The van der Waals surface area contributed by atoms with Crippen molar-refractivity contribution in [1.82, 2.24) is 10.6 Å². The number of hydrogen-bond donors (Lipinski definition) is 2. The van der Waals surface area contributed by atoms with E-state index in [1.807, 2.05) is 0 Å². The fourth-order valence-electron chi connectivity index (χ4n) is 1.48. The third-order valence-corrected chi connectivity index (χ3v) is 2.36. The molecule has 0 bridgehead atoms. The Labute approximate surface area is 103 Å². The number of carbonyl (C=O) groups excluding carboxylic acids is 3. The molecule has 0 atom stereocenters. The first-order valence-electron chi connectivity index (χ1n) is 5.12. The third-order valence-electron chi connectivity index (χ3n) is 2.36. The van der Waals surface area contributed by atoms with Crippen molar-refractivity contribution >= 4 is 24.0 Å². The molecule has 1 heterocycles. The number of methoxy groups -OCH3 is 1. The first-order valence-corrected chi connectivity index (χ1v) is 5.12.